The Balaban J connectivity index is 2.48. The van der Waals surface area contributed by atoms with Crippen LogP contribution in [0.5, 0.6) is 0 Å². The number of rotatable bonds is 3. The Hall–Kier alpha value is -1.42. The summed E-state index contributed by atoms with van der Waals surface area (Å²) in [7, 11) is 0. The van der Waals surface area contributed by atoms with Gasteiger partial charge in [-0.3, -0.25) is 4.57 Å². The molecule has 2 aromatic heterocycles. The van der Waals surface area contributed by atoms with E-state index in [1.54, 1.807) is 12.4 Å². The second-order valence-electron chi connectivity index (χ2n) is 4.00. The largest absolute Gasteiger partial charge is 0.287 e. The smallest absolute Gasteiger partial charge is 0.143 e. The van der Waals surface area contributed by atoms with Crippen LogP contribution in [-0.2, 0) is 6.42 Å². The summed E-state index contributed by atoms with van der Waals surface area (Å²) < 4.78 is 1.93. The van der Waals surface area contributed by atoms with E-state index >= 15 is 0 Å². The van der Waals surface area contributed by atoms with Gasteiger partial charge in [-0.25, -0.2) is 15.0 Å². The molecule has 0 unspecified atom stereocenters. The van der Waals surface area contributed by atoms with Gasteiger partial charge in [-0.2, -0.15) is 0 Å². The summed E-state index contributed by atoms with van der Waals surface area (Å²) >= 11 is 6.01. The van der Waals surface area contributed by atoms with Crippen molar-refractivity contribution in [2.45, 2.75) is 33.6 Å². The maximum atomic E-state index is 6.01. The van der Waals surface area contributed by atoms with E-state index in [2.05, 4.69) is 21.9 Å². The Morgan fingerprint density at radius 3 is 2.65 bits per heavy atom. The van der Waals surface area contributed by atoms with Crippen LogP contribution in [-0.4, -0.2) is 19.5 Å². The summed E-state index contributed by atoms with van der Waals surface area (Å²) in [5.74, 6) is 1.56. The molecule has 17 heavy (non-hydrogen) atoms. The van der Waals surface area contributed by atoms with Crippen molar-refractivity contribution in [1.82, 2.24) is 19.5 Å². The molecule has 5 heteroatoms. The Labute approximate surface area is 106 Å². The normalized spacial score (nSPS) is 10.8. The van der Waals surface area contributed by atoms with Gasteiger partial charge in [0, 0.05) is 18.2 Å². The molecule has 2 heterocycles. The minimum absolute atomic E-state index is 0.476. The second kappa shape index (κ2) is 4.84. The molecule has 0 aromatic carbocycles. The monoisotopic (exact) mass is 250 g/mol. The SMILES string of the molecule is CCCc1nc(Cl)cc(-n2cnc(C)c2C)n1. The summed E-state index contributed by atoms with van der Waals surface area (Å²) in [6.07, 6.45) is 3.60. The van der Waals surface area contributed by atoms with Gasteiger partial charge >= 0.3 is 0 Å². The first kappa shape index (κ1) is 12.0. The lowest BCUT2D eigenvalue weighted by molar-refractivity contribution is 0.812. The Morgan fingerprint density at radius 1 is 1.29 bits per heavy atom. The first-order chi connectivity index (χ1) is 8.11. The third-order valence-corrected chi connectivity index (χ3v) is 2.89. The standard InChI is InChI=1S/C12H15ClN4/c1-4-5-11-15-10(13)6-12(16-11)17-7-14-8(2)9(17)3/h6-7H,4-5H2,1-3H3. The lowest BCUT2D eigenvalue weighted by Gasteiger charge is -2.07. The van der Waals surface area contributed by atoms with E-state index < -0.39 is 0 Å². The van der Waals surface area contributed by atoms with Crippen LogP contribution in [0.2, 0.25) is 5.15 Å². The third-order valence-electron chi connectivity index (χ3n) is 2.70. The molecule has 0 atom stereocenters. The molecule has 0 fully saturated rings. The molecule has 4 nitrogen and oxygen atoms in total. The van der Waals surface area contributed by atoms with Crippen LogP contribution in [0.1, 0.15) is 30.6 Å². The predicted molar refractivity (Wildman–Crippen MR) is 67.6 cm³/mol. The summed E-state index contributed by atoms with van der Waals surface area (Å²) in [6.45, 7) is 6.08. The van der Waals surface area contributed by atoms with Gasteiger partial charge in [0.25, 0.3) is 0 Å². The second-order valence-corrected chi connectivity index (χ2v) is 4.39. The molecule has 0 spiro atoms. The molecule has 0 aliphatic rings. The van der Waals surface area contributed by atoms with Gasteiger partial charge in [-0.15, -0.1) is 0 Å². The van der Waals surface area contributed by atoms with Gasteiger partial charge in [0.15, 0.2) is 0 Å². The zero-order chi connectivity index (χ0) is 12.4. The van der Waals surface area contributed by atoms with E-state index in [-0.39, 0.29) is 0 Å². The predicted octanol–water partition coefficient (Wildman–Crippen LogP) is 2.89. The van der Waals surface area contributed by atoms with Gasteiger partial charge in [-0.1, -0.05) is 18.5 Å². The van der Waals surface area contributed by atoms with Crippen molar-refractivity contribution in [2.75, 3.05) is 0 Å². The highest BCUT2D eigenvalue weighted by Crippen LogP contribution is 2.15. The Morgan fingerprint density at radius 2 is 2.06 bits per heavy atom. The van der Waals surface area contributed by atoms with Crippen molar-refractivity contribution in [3.63, 3.8) is 0 Å². The van der Waals surface area contributed by atoms with Crippen molar-refractivity contribution in [1.29, 1.82) is 0 Å². The molecule has 2 aromatic rings. The molecule has 0 aliphatic heterocycles. The first-order valence-corrected chi connectivity index (χ1v) is 6.04. The van der Waals surface area contributed by atoms with E-state index in [4.69, 9.17) is 11.6 Å². The van der Waals surface area contributed by atoms with E-state index in [9.17, 15) is 0 Å². The third kappa shape index (κ3) is 2.47. The van der Waals surface area contributed by atoms with Gasteiger partial charge in [0.1, 0.15) is 23.1 Å². The highest BCUT2D eigenvalue weighted by Gasteiger charge is 2.08. The fourth-order valence-corrected chi connectivity index (χ4v) is 1.84. The van der Waals surface area contributed by atoms with Crippen molar-refractivity contribution in [2.24, 2.45) is 0 Å². The molecule has 0 radical (unpaired) electrons. The van der Waals surface area contributed by atoms with E-state index in [0.717, 1.165) is 35.9 Å². The van der Waals surface area contributed by atoms with E-state index in [1.807, 2.05) is 18.4 Å². The van der Waals surface area contributed by atoms with Crippen LogP contribution >= 0.6 is 11.6 Å². The average Bonchev–Trinajstić information content (AvgIpc) is 2.59. The molecule has 0 amide bonds. The molecule has 0 bridgehead atoms. The maximum Gasteiger partial charge on any atom is 0.143 e. The van der Waals surface area contributed by atoms with Crippen molar-refractivity contribution in [3.8, 4) is 5.82 Å². The van der Waals surface area contributed by atoms with Gasteiger partial charge in [0.2, 0.25) is 0 Å². The van der Waals surface area contributed by atoms with Gasteiger partial charge in [0.05, 0.1) is 5.69 Å². The van der Waals surface area contributed by atoms with Crippen molar-refractivity contribution >= 4 is 11.6 Å². The minimum Gasteiger partial charge on any atom is -0.287 e. The summed E-state index contributed by atoms with van der Waals surface area (Å²) in [5, 5.41) is 0.476. The fraction of sp³-hybridized carbons (Fsp3) is 0.417. The van der Waals surface area contributed by atoms with Crippen LogP contribution in [0.4, 0.5) is 0 Å². The topological polar surface area (TPSA) is 43.6 Å². The number of nitrogens with zero attached hydrogens (tertiary/aromatic N) is 4. The summed E-state index contributed by atoms with van der Waals surface area (Å²) in [4.78, 5) is 13.0. The van der Waals surface area contributed by atoms with Crippen LogP contribution in [0.3, 0.4) is 0 Å². The molecule has 0 N–H and O–H groups in total. The van der Waals surface area contributed by atoms with Crippen LogP contribution in [0, 0.1) is 13.8 Å². The molecule has 2 rings (SSSR count). The highest BCUT2D eigenvalue weighted by molar-refractivity contribution is 6.29. The zero-order valence-corrected chi connectivity index (χ0v) is 11.0. The Bertz CT molecular complexity index is 533. The molecular weight excluding hydrogens is 236 g/mol. The number of aryl methyl sites for hydroxylation is 2. The van der Waals surface area contributed by atoms with Gasteiger partial charge < -0.3 is 0 Å². The summed E-state index contributed by atoms with van der Waals surface area (Å²) in [5.41, 5.74) is 2.07. The number of imidazole rings is 1. The lowest BCUT2D eigenvalue weighted by Crippen LogP contribution is -2.04. The average molecular weight is 251 g/mol. The highest BCUT2D eigenvalue weighted by atomic mass is 35.5. The minimum atomic E-state index is 0.476. The number of halogens is 1. The van der Waals surface area contributed by atoms with Gasteiger partial charge in [-0.05, 0) is 20.3 Å². The number of hydrogen-bond donors (Lipinski definition) is 0. The maximum absolute atomic E-state index is 6.01. The lowest BCUT2D eigenvalue weighted by atomic mass is 10.3. The molecule has 0 aliphatic carbocycles. The quantitative estimate of drug-likeness (QED) is 0.787. The summed E-state index contributed by atoms with van der Waals surface area (Å²) in [6, 6.07) is 1.76. The van der Waals surface area contributed by atoms with E-state index in [0.29, 0.717) is 5.15 Å². The number of hydrogen-bond acceptors (Lipinski definition) is 3. The molecule has 0 saturated heterocycles. The van der Waals surface area contributed by atoms with Crippen molar-refractivity contribution < 1.29 is 0 Å². The molecule has 90 valence electrons. The molecular formula is C12H15ClN4. The van der Waals surface area contributed by atoms with Crippen LogP contribution in [0.25, 0.3) is 5.82 Å². The van der Waals surface area contributed by atoms with Crippen LogP contribution < -0.4 is 0 Å². The fourth-order valence-electron chi connectivity index (χ4n) is 1.64. The van der Waals surface area contributed by atoms with Crippen molar-refractivity contribution in [3.05, 3.63) is 34.8 Å². The van der Waals surface area contributed by atoms with Crippen LogP contribution in [0.15, 0.2) is 12.4 Å². The first-order valence-electron chi connectivity index (χ1n) is 5.66. The Kier molecular flexibility index (Phi) is 3.43. The zero-order valence-electron chi connectivity index (χ0n) is 10.2. The molecule has 0 saturated carbocycles. The number of aromatic nitrogens is 4. The van der Waals surface area contributed by atoms with E-state index in [1.165, 1.54) is 0 Å².